The van der Waals surface area contributed by atoms with Crippen LogP contribution in [0.4, 0.5) is 0 Å². The van der Waals surface area contributed by atoms with E-state index < -0.39 is 0 Å². The highest BCUT2D eigenvalue weighted by Crippen LogP contribution is 2.33. The summed E-state index contributed by atoms with van der Waals surface area (Å²) >= 11 is 0. The van der Waals surface area contributed by atoms with Crippen LogP contribution in [0.5, 0.6) is 0 Å². The fourth-order valence-corrected chi connectivity index (χ4v) is 3.54. The van der Waals surface area contributed by atoms with Crippen LogP contribution >= 0.6 is 0 Å². The first kappa shape index (κ1) is 17.1. The predicted octanol–water partition coefficient (Wildman–Crippen LogP) is 1.47. The number of aromatic nitrogens is 5. The van der Waals surface area contributed by atoms with Gasteiger partial charge in [0, 0.05) is 32.0 Å². The zero-order valence-electron chi connectivity index (χ0n) is 15.6. The molecule has 1 N–H and O–H groups in total. The van der Waals surface area contributed by atoms with Crippen LogP contribution in [-0.2, 0) is 13.1 Å². The summed E-state index contributed by atoms with van der Waals surface area (Å²) in [5.41, 5.74) is 2.93. The SMILES string of the molecule is O=C(NC1CN(Cc2ccc(Cn3cccn3)cc2)C1)c1cn(C2CC2)nn1. The summed E-state index contributed by atoms with van der Waals surface area (Å²) in [6, 6.07) is 11.2. The molecule has 2 fully saturated rings. The molecule has 1 aliphatic heterocycles. The highest BCUT2D eigenvalue weighted by Gasteiger charge is 2.30. The van der Waals surface area contributed by atoms with Crippen LogP contribution in [0.15, 0.2) is 48.9 Å². The van der Waals surface area contributed by atoms with E-state index in [0.717, 1.165) is 39.0 Å². The van der Waals surface area contributed by atoms with Crippen LogP contribution in [0, 0.1) is 0 Å². The number of benzene rings is 1. The van der Waals surface area contributed by atoms with Crippen molar-refractivity contribution >= 4 is 5.91 Å². The van der Waals surface area contributed by atoms with E-state index in [9.17, 15) is 4.79 Å². The van der Waals surface area contributed by atoms with Gasteiger partial charge in [-0.2, -0.15) is 5.10 Å². The Morgan fingerprint density at radius 2 is 1.86 bits per heavy atom. The third-order valence-corrected chi connectivity index (χ3v) is 5.29. The van der Waals surface area contributed by atoms with Crippen molar-refractivity contribution in [3.05, 3.63) is 65.7 Å². The molecule has 1 aromatic carbocycles. The fourth-order valence-electron chi connectivity index (χ4n) is 3.54. The second kappa shape index (κ2) is 7.20. The molecule has 1 saturated carbocycles. The first-order valence-corrected chi connectivity index (χ1v) is 9.73. The normalized spacial score (nSPS) is 17.4. The standard InChI is InChI=1S/C20H23N7O/c28-20(19-14-27(24-23-19)18-6-7-18)22-17-12-25(13-17)10-15-2-4-16(5-3-15)11-26-9-1-8-21-26/h1-5,8-9,14,17-18H,6-7,10-13H2,(H,22,28). The van der Waals surface area contributed by atoms with Gasteiger partial charge in [-0.05, 0) is 30.0 Å². The maximum atomic E-state index is 12.3. The third-order valence-electron chi connectivity index (χ3n) is 5.29. The number of nitrogens with zero attached hydrogens (tertiary/aromatic N) is 6. The number of nitrogens with one attached hydrogen (secondary N) is 1. The molecule has 2 aliphatic rings. The minimum Gasteiger partial charge on any atom is -0.345 e. The van der Waals surface area contributed by atoms with Gasteiger partial charge < -0.3 is 5.32 Å². The van der Waals surface area contributed by atoms with Gasteiger partial charge >= 0.3 is 0 Å². The molecule has 5 rings (SSSR count). The quantitative estimate of drug-likeness (QED) is 0.674. The van der Waals surface area contributed by atoms with Crippen molar-refractivity contribution in [3.63, 3.8) is 0 Å². The maximum absolute atomic E-state index is 12.3. The molecule has 28 heavy (non-hydrogen) atoms. The van der Waals surface area contributed by atoms with Crippen LogP contribution < -0.4 is 5.32 Å². The molecule has 3 heterocycles. The zero-order valence-corrected chi connectivity index (χ0v) is 15.6. The van der Waals surface area contributed by atoms with Gasteiger partial charge in [-0.1, -0.05) is 29.5 Å². The summed E-state index contributed by atoms with van der Waals surface area (Å²) in [5.74, 6) is -0.125. The van der Waals surface area contributed by atoms with E-state index in [1.165, 1.54) is 11.1 Å². The number of amides is 1. The molecule has 0 radical (unpaired) electrons. The van der Waals surface area contributed by atoms with E-state index in [0.29, 0.717) is 11.7 Å². The van der Waals surface area contributed by atoms with Crippen molar-refractivity contribution in [2.75, 3.05) is 13.1 Å². The molecule has 144 valence electrons. The summed E-state index contributed by atoms with van der Waals surface area (Å²) in [6.07, 6.45) is 7.78. The first-order valence-electron chi connectivity index (χ1n) is 9.73. The van der Waals surface area contributed by atoms with Crippen molar-refractivity contribution in [3.8, 4) is 0 Å². The Morgan fingerprint density at radius 1 is 1.11 bits per heavy atom. The van der Waals surface area contributed by atoms with Gasteiger partial charge in [-0.15, -0.1) is 5.10 Å². The van der Waals surface area contributed by atoms with Crippen molar-refractivity contribution < 1.29 is 4.79 Å². The van der Waals surface area contributed by atoms with E-state index in [1.807, 2.05) is 16.9 Å². The molecule has 0 bridgehead atoms. The van der Waals surface area contributed by atoms with E-state index >= 15 is 0 Å². The molecule has 3 aromatic rings. The van der Waals surface area contributed by atoms with Crippen molar-refractivity contribution in [1.29, 1.82) is 0 Å². The fraction of sp³-hybridized carbons (Fsp3) is 0.400. The minimum absolute atomic E-state index is 0.125. The number of carbonyl (C=O) groups excluding carboxylic acids is 1. The smallest absolute Gasteiger partial charge is 0.273 e. The molecule has 8 heteroatoms. The Morgan fingerprint density at radius 3 is 2.54 bits per heavy atom. The van der Waals surface area contributed by atoms with E-state index in [4.69, 9.17) is 0 Å². The molecule has 2 aromatic heterocycles. The average Bonchev–Trinajstić information content (AvgIpc) is 3.17. The summed E-state index contributed by atoms with van der Waals surface area (Å²) in [6.45, 7) is 3.40. The molecule has 0 spiro atoms. The second-order valence-corrected chi connectivity index (χ2v) is 7.70. The van der Waals surface area contributed by atoms with E-state index in [1.54, 1.807) is 17.1 Å². The molecule has 1 saturated heterocycles. The Kier molecular flexibility index (Phi) is 4.40. The van der Waals surface area contributed by atoms with Gasteiger partial charge in [-0.25, -0.2) is 4.68 Å². The summed E-state index contributed by atoms with van der Waals surface area (Å²) in [4.78, 5) is 14.6. The van der Waals surface area contributed by atoms with Crippen molar-refractivity contribution in [2.45, 2.75) is 38.0 Å². The zero-order chi connectivity index (χ0) is 18.9. The van der Waals surface area contributed by atoms with E-state index in [2.05, 4.69) is 49.9 Å². The Labute approximate surface area is 163 Å². The predicted molar refractivity (Wildman–Crippen MR) is 103 cm³/mol. The van der Waals surface area contributed by atoms with Crippen LogP contribution in [-0.4, -0.2) is 54.7 Å². The molecule has 1 amide bonds. The summed E-state index contributed by atoms with van der Waals surface area (Å²) in [5, 5.41) is 15.3. The molecule has 0 unspecified atom stereocenters. The Hall–Kier alpha value is -3.00. The number of carbonyl (C=O) groups is 1. The lowest BCUT2D eigenvalue weighted by molar-refractivity contribution is 0.0790. The van der Waals surface area contributed by atoms with Crippen LogP contribution in [0.25, 0.3) is 0 Å². The number of rotatable bonds is 7. The topological polar surface area (TPSA) is 80.9 Å². The van der Waals surface area contributed by atoms with Crippen LogP contribution in [0.1, 0.15) is 40.5 Å². The van der Waals surface area contributed by atoms with Crippen molar-refractivity contribution in [1.82, 2.24) is 35.0 Å². The van der Waals surface area contributed by atoms with Gasteiger partial charge in [0.1, 0.15) is 0 Å². The maximum Gasteiger partial charge on any atom is 0.273 e. The molecule has 1 aliphatic carbocycles. The monoisotopic (exact) mass is 377 g/mol. The lowest BCUT2D eigenvalue weighted by Gasteiger charge is -2.39. The highest BCUT2D eigenvalue weighted by atomic mass is 16.2. The van der Waals surface area contributed by atoms with Crippen LogP contribution in [0.3, 0.4) is 0 Å². The first-order chi connectivity index (χ1) is 13.7. The lowest BCUT2D eigenvalue weighted by Crippen LogP contribution is -2.58. The molecular formula is C20H23N7O. The van der Waals surface area contributed by atoms with Gasteiger partial charge in [0.25, 0.3) is 5.91 Å². The van der Waals surface area contributed by atoms with Gasteiger partial charge in [0.15, 0.2) is 5.69 Å². The molecule has 8 nitrogen and oxygen atoms in total. The van der Waals surface area contributed by atoms with Crippen LogP contribution in [0.2, 0.25) is 0 Å². The Balaban J connectivity index is 1.07. The number of hydrogen-bond acceptors (Lipinski definition) is 5. The molecule has 0 atom stereocenters. The molecular weight excluding hydrogens is 354 g/mol. The van der Waals surface area contributed by atoms with Gasteiger partial charge in [0.05, 0.1) is 24.8 Å². The largest absolute Gasteiger partial charge is 0.345 e. The average molecular weight is 377 g/mol. The Bertz CT molecular complexity index is 937. The van der Waals surface area contributed by atoms with Gasteiger partial charge in [-0.3, -0.25) is 14.4 Å². The van der Waals surface area contributed by atoms with Gasteiger partial charge in [0.2, 0.25) is 0 Å². The lowest BCUT2D eigenvalue weighted by atomic mass is 10.1. The minimum atomic E-state index is -0.125. The van der Waals surface area contributed by atoms with E-state index in [-0.39, 0.29) is 11.9 Å². The second-order valence-electron chi connectivity index (χ2n) is 7.70. The highest BCUT2D eigenvalue weighted by molar-refractivity contribution is 5.92. The summed E-state index contributed by atoms with van der Waals surface area (Å²) < 4.78 is 3.72. The summed E-state index contributed by atoms with van der Waals surface area (Å²) in [7, 11) is 0. The number of likely N-dealkylation sites (tertiary alicyclic amines) is 1. The third kappa shape index (κ3) is 3.82. The number of hydrogen-bond donors (Lipinski definition) is 1. The van der Waals surface area contributed by atoms with Crippen molar-refractivity contribution in [2.24, 2.45) is 0 Å².